The normalized spacial score (nSPS) is 18.0. The van der Waals surface area contributed by atoms with Crippen molar-refractivity contribution in [3.63, 3.8) is 0 Å². The van der Waals surface area contributed by atoms with Gasteiger partial charge < -0.3 is 14.4 Å². The van der Waals surface area contributed by atoms with Crippen molar-refractivity contribution < 1.29 is 19.2 Å². The van der Waals surface area contributed by atoms with Crippen LogP contribution in [0.5, 0.6) is 0 Å². The molecule has 1 aliphatic heterocycles. The molecule has 0 aliphatic carbocycles. The molecule has 0 radical (unpaired) electrons. The summed E-state index contributed by atoms with van der Waals surface area (Å²) in [5, 5.41) is 12.2. The Hall–Kier alpha value is -1.40. The third kappa shape index (κ3) is 4.12. The first-order valence-electron chi connectivity index (χ1n) is 6.18. The van der Waals surface area contributed by atoms with Gasteiger partial charge in [0.05, 0.1) is 25.3 Å². The third-order valence-corrected chi connectivity index (χ3v) is 3.09. The summed E-state index contributed by atoms with van der Waals surface area (Å²) in [5.41, 5.74) is 1.08. The number of carbonyl (C=O) groups is 1. The molecule has 0 aromatic carbocycles. The summed E-state index contributed by atoms with van der Waals surface area (Å²) < 4.78 is 10.3. The number of aromatic nitrogens is 1. The Balaban J connectivity index is 1.63. The van der Waals surface area contributed by atoms with Crippen molar-refractivity contribution in [3.8, 4) is 0 Å². The number of rotatable bonds is 6. The van der Waals surface area contributed by atoms with Crippen LogP contribution in [0.15, 0.2) is 17.0 Å². The molecule has 2 rings (SSSR count). The highest BCUT2D eigenvalue weighted by Crippen LogP contribution is 2.16. The highest BCUT2D eigenvalue weighted by atomic mass is 16.5. The number of ether oxygens (including phenoxy) is 1. The van der Waals surface area contributed by atoms with Gasteiger partial charge in [0.15, 0.2) is 0 Å². The molecule has 100 valence electrons. The first-order chi connectivity index (χ1) is 8.74. The number of likely N-dealkylation sites (tertiary alicyclic amines) is 1. The van der Waals surface area contributed by atoms with Crippen molar-refractivity contribution in [1.82, 2.24) is 10.1 Å². The molecule has 1 aromatic heterocycles. The monoisotopic (exact) mass is 254 g/mol. The average molecular weight is 254 g/mol. The minimum absolute atomic E-state index is 0.0842. The van der Waals surface area contributed by atoms with Crippen molar-refractivity contribution in [1.29, 1.82) is 0 Å². The Kier molecular flexibility index (Phi) is 4.72. The zero-order valence-electron chi connectivity index (χ0n) is 10.2. The molecule has 0 atom stereocenters. The highest BCUT2D eigenvalue weighted by Gasteiger charge is 2.20. The van der Waals surface area contributed by atoms with E-state index in [4.69, 9.17) is 14.4 Å². The lowest BCUT2D eigenvalue weighted by Crippen LogP contribution is -2.36. The predicted octanol–water partition coefficient (Wildman–Crippen LogP) is 1.13. The van der Waals surface area contributed by atoms with Gasteiger partial charge in [-0.25, -0.2) is 0 Å². The van der Waals surface area contributed by atoms with Gasteiger partial charge in [-0.05, 0) is 12.8 Å². The van der Waals surface area contributed by atoms with Gasteiger partial charge in [-0.3, -0.25) is 9.69 Å². The Bertz CT molecular complexity index is 358. The molecule has 0 spiro atoms. The van der Waals surface area contributed by atoms with E-state index in [9.17, 15) is 4.79 Å². The number of hydrogen-bond acceptors (Lipinski definition) is 5. The molecule has 18 heavy (non-hydrogen) atoms. The molecule has 0 saturated carbocycles. The van der Waals surface area contributed by atoms with Crippen molar-refractivity contribution in [2.45, 2.75) is 31.9 Å². The molecular weight excluding hydrogens is 236 g/mol. The molecule has 1 aromatic rings. The van der Waals surface area contributed by atoms with E-state index >= 15 is 0 Å². The van der Waals surface area contributed by atoms with E-state index in [-0.39, 0.29) is 12.5 Å². The largest absolute Gasteiger partial charge is 0.481 e. The zero-order valence-corrected chi connectivity index (χ0v) is 10.2. The molecule has 6 heteroatoms. The first-order valence-corrected chi connectivity index (χ1v) is 6.18. The van der Waals surface area contributed by atoms with Gasteiger partial charge in [-0.1, -0.05) is 5.16 Å². The minimum Gasteiger partial charge on any atom is -0.481 e. The lowest BCUT2D eigenvalue weighted by atomic mass is 10.1. The summed E-state index contributed by atoms with van der Waals surface area (Å²) in [6.45, 7) is 3.09. The van der Waals surface area contributed by atoms with Crippen molar-refractivity contribution in [3.05, 3.63) is 18.0 Å². The topological polar surface area (TPSA) is 75.8 Å². The number of carboxylic acid groups (broad SMARTS) is 1. The lowest BCUT2D eigenvalue weighted by molar-refractivity contribution is -0.138. The van der Waals surface area contributed by atoms with Crippen LogP contribution in [0.1, 0.15) is 24.8 Å². The van der Waals surface area contributed by atoms with Crippen LogP contribution in [0.2, 0.25) is 0 Å². The number of hydrogen-bond donors (Lipinski definition) is 1. The summed E-state index contributed by atoms with van der Waals surface area (Å²) >= 11 is 0. The highest BCUT2D eigenvalue weighted by molar-refractivity contribution is 5.66. The van der Waals surface area contributed by atoms with Gasteiger partial charge >= 0.3 is 5.97 Å². The standard InChI is InChI=1S/C12H18N2O4/c15-12(16)3-6-17-11-1-4-14(5-2-11)8-10-7-13-18-9-10/h7,9,11H,1-6,8H2,(H,15,16). The summed E-state index contributed by atoms with van der Waals surface area (Å²) in [6, 6.07) is 0. The number of aliphatic carboxylic acids is 1. The molecule has 1 aliphatic rings. The van der Waals surface area contributed by atoms with Crippen LogP contribution in [0.3, 0.4) is 0 Å². The number of carboxylic acids is 1. The Morgan fingerprint density at radius 3 is 2.94 bits per heavy atom. The summed E-state index contributed by atoms with van der Waals surface area (Å²) in [5.74, 6) is -0.806. The number of piperidine rings is 1. The SMILES string of the molecule is O=C(O)CCOC1CCN(Cc2cnoc2)CC1. The molecule has 0 bridgehead atoms. The van der Waals surface area contributed by atoms with Gasteiger partial charge in [0.2, 0.25) is 0 Å². The van der Waals surface area contributed by atoms with E-state index in [0.717, 1.165) is 38.0 Å². The van der Waals surface area contributed by atoms with E-state index in [2.05, 4.69) is 10.1 Å². The van der Waals surface area contributed by atoms with Gasteiger partial charge in [0.25, 0.3) is 0 Å². The van der Waals surface area contributed by atoms with Crippen LogP contribution in [0.4, 0.5) is 0 Å². The molecule has 6 nitrogen and oxygen atoms in total. The van der Waals surface area contributed by atoms with Crippen LogP contribution < -0.4 is 0 Å². The van der Waals surface area contributed by atoms with Crippen molar-refractivity contribution in [2.24, 2.45) is 0 Å². The van der Waals surface area contributed by atoms with Crippen molar-refractivity contribution in [2.75, 3.05) is 19.7 Å². The summed E-state index contributed by atoms with van der Waals surface area (Å²) in [4.78, 5) is 12.7. The maximum absolute atomic E-state index is 10.4. The first kappa shape index (κ1) is 13.0. The Labute approximate surface area is 106 Å². The lowest BCUT2D eigenvalue weighted by Gasteiger charge is -2.31. The minimum atomic E-state index is -0.806. The summed E-state index contributed by atoms with van der Waals surface area (Å²) in [7, 11) is 0. The van der Waals surface area contributed by atoms with Crippen LogP contribution in [0, 0.1) is 0 Å². The average Bonchev–Trinajstić information content (AvgIpc) is 2.84. The van der Waals surface area contributed by atoms with E-state index < -0.39 is 5.97 Å². The van der Waals surface area contributed by atoms with Gasteiger partial charge in [0.1, 0.15) is 6.26 Å². The second-order valence-electron chi connectivity index (χ2n) is 4.52. The quantitative estimate of drug-likeness (QED) is 0.820. The van der Waals surface area contributed by atoms with E-state index in [1.165, 1.54) is 0 Å². The second kappa shape index (κ2) is 6.51. The van der Waals surface area contributed by atoms with Crippen LogP contribution in [-0.4, -0.2) is 46.9 Å². The van der Waals surface area contributed by atoms with Crippen LogP contribution in [0.25, 0.3) is 0 Å². The van der Waals surface area contributed by atoms with Gasteiger partial charge in [0, 0.05) is 25.2 Å². The molecular formula is C12H18N2O4. The second-order valence-corrected chi connectivity index (χ2v) is 4.52. The molecule has 0 amide bonds. The fourth-order valence-corrected chi connectivity index (χ4v) is 2.11. The fraction of sp³-hybridized carbons (Fsp3) is 0.667. The molecule has 1 saturated heterocycles. The third-order valence-electron chi connectivity index (χ3n) is 3.09. The van der Waals surface area contributed by atoms with E-state index in [1.807, 2.05) is 0 Å². The van der Waals surface area contributed by atoms with Gasteiger partial charge in [-0.15, -0.1) is 0 Å². The molecule has 2 heterocycles. The van der Waals surface area contributed by atoms with Crippen LogP contribution in [-0.2, 0) is 16.1 Å². The fourth-order valence-electron chi connectivity index (χ4n) is 2.11. The Morgan fingerprint density at radius 1 is 1.56 bits per heavy atom. The zero-order chi connectivity index (χ0) is 12.8. The van der Waals surface area contributed by atoms with E-state index in [0.29, 0.717) is 6.61 Å². The van der Waals surface area contributed by atoms with Gasteiger partial charge in [-0.2, -0.15) is 0 Å². The van der Waals surface area contributed by atoms with Crippen LogP contribution >= 0.6 is 0 Å². The van der Waals surface area contributed by atoms with Crippen molar-refractivity contribution >= 4 is 5.97 Å². The predicted molar refractivity (Wildman–Crippen MR) is 63.0 cm³/mol. The maximum Gasteiger partial charge on any atom is 0.305 e. The molecule has 1 fully saturated rings. The maximum atomic E-state index is 10.4. The Morgan fingerprint density at radius 2 is 2.33 bits per heavy atom. The number of nitrogens with zero attached hydrogens (tertiary/aromatic N) is 2. The smallest absolute Gasteiger partial charge is 0.305 e. The summed E-state index contributed by atoms with van der Waals surface area (Å²) in [6.07, 6.45) is 5.57. The molecule has 1 N–H and O–H groups in total. The molecule has 0 unspecified atom stereocenters. The van der Waals surface area contributed by atoms with E-state index in [1.54, 1.807) is 12.5 Å².